The summed E-state index contributed by atoms with van der Waals surface area (Å²) in [5.74, 6) is 1.30. The van der Waals surface area contributed by atoms with Crippen LogP contribution < -0.4 is 5.73 Å². The monoisotopic (exact) mass is 258 g/mol. The Morgan fingerprint density at radius 1 is 1.62 bits per heavy atom. The molecule has 2 rings (SSSR count). The normalized spacial score (nSPS) is 18.7. The van der Waals surface area contributed by atoms with Crippen molar-refractivity contribution in [3.8, 4) is 0 Å². The molecule has 1 heterocycles. The molecule has 0 spiro atoms. The van der Waals surface area contributed by atoms with Crippen LogP contribution >= 0.6 is 23.1 Å². The maximum Gasteiger partial charge on any atom is 0.174 e. The number of thioether (sulfide) groups is 1. The van der Waals surface area contributed by atoms with Crippen molar-refractivity contribution >= 4 is 28.9 Å². The summed E-state index contributed by atoms with van der Waals surface area (Å²) < 4.78 is 1.00. The van der Waals surface area contributed by atoms with E-state index in [0.29, 0.717) is 12.3 Å². The van der Waals surface area contributed by atoms with E-state index in [1.807, 2.05) is 6.92 Å². The van der Waals surface area contributed by atoms with Crippen molar-refractivity contribution in [1.29, 1.82) is 0 Å². The molecular weight excluding hydrogens is 244 g/mol. The zero-order chi connectivity index (χ0) is 11.6. The molecule has 0 aliphatic heterocycles. The Morgan fingerprint density at radius 3 is 2.88 bits per heavy atom. The average Bonchev–Trinajstić information content (AvgIpc) is 2.90. The molecule has 0 saturated heterocycles. The van der Waals surface area contributed by atoms with Gasteiger partial charge in [0.2, 0.25) is 0 Å². The summed E-state index contributed by atoms with van der Waals surface area (Å²) >= 11 is 3.33. The number of nitrogens with zero attached hydrogens (tertiary/aromatic N) is 3. The number of rotatable bonds is 5. The summed E-state index contributed by atoms with van der Waals surface area (Å²) in [5, 5.41) is 20.6. The van der Waals surface area contributed by atoms with E-state index < -0.39 is 0 Å². The first-order chi connectivity index (χ1) is 7.63. The second-order valence-electron chi connectivity index (χ2n) is 4.14. The Labute approximate surface area is 102 Å². The first-order valence-corrected chi connectivity index (χ1v) is 6.83. The number of oxime groups is 1. The smallest absolute Gasteiger partial charge is 0.174 e. The molecule has 0 unspecified atom stereocenters. The van der Waals surface area contributed by atoms with Gasteiger partial charge in [-0.15, -0.1) is 10.2 Å². The molecule has 1 saturated carbocycles. The van der Waals surface area contributed by atoms with Crippen molar-refractivity contribution < 1.29 is 5.21 Å². The lowest BCUT2D eigenvalue weighted by molar-refractivity contribution is 0.315. The molecule has 1 aliphatic carbocycles. The highest BCUT2D eigenvalue weighted by Crippen LogP contribution is 2.52. The van der Waals surface area contributed by atoms with Gasteiger partial charge in [-0.2, -0.15) is 0 Å². The highest BCUT2D eigenvalue weighted by atomic mass is 32.2. The minimum absolute atomic E-state index is 0.223. The molecule has 0 atom stereocenters. The van der Waals surface area contributed by atoms with Gasteiger partial charge in [-0.05, 0) is 25.2 Å². The molecule has 3 N–H and O–H groups in total. The first-order valence-electron chi connectivity index (χ1n) is 5.03. The van der Waals surface area contributed by atoms with Crippen LogP contribution in [0.5, 0.6) is 0 Å². The highest BCUT2D eigenvalue weighted by Gasteiger charge is 2.43. The first kappa shape index (κ1) is 11.7. The van der Waals surface area contributed by atoms with Crippen molar-refractivity contribution in [3.63, 3.8) is 0 Å². The van der Waals surface area contributed by atoms with Gasteiger partial charge in [0.25, 0.3) is 0 Å². The number of amidine groups is 1. The molecule has 1 aromatic rings. The highest BCUT2D eigenvalue weighted by molar-refractivity contribution is 8.01. The van der Waals surface area contributed by atoms with E-state index in [4.69, 9.17) is 10.9 Å². The zero-order valence-corrected chi connectivity index (χ0v) is 10.6. The number of hydrogen-bond acceptors (Lipinski definition) is 6. The van der Waals surface area contributed by atoms with E-state index in [1.165, 1.54) is 0 Å². The minimum Gasteiger partial charge on any atom is -0.409 e. The molecule has 0 bridgehead atoms. The summed E-state index contributed by atoms with van der Waals surface area (Å²) in [5.41, 5.74) is 5.76. The third-order valence-electron chi connectivity index (χ3n) is 2.65. The van der Waals surface area contributed by atoms with Gasteiger partial charge in [-0.3, -0.25) is 0 Å². The summed E-state index contributed by atoms with van der Waals surface area (Å²) in [6.07, 6.45) is 2.97. The van der Waals surface area contributed by atoms with Crippen LogP contribution in [0, 0.1) is 12.3 Å². The van der Waals surface area contributed by atoms with Crippen LogP contribution in [0.15, 0.2) is 9.50 Å². The third kappa shape index (κ3) is 2.85. The van der Waals surface area contributed by atoms with Gasteiger partial charge >= 0.3 is 0 Å². The van der Waals surface area contributed by atoms with Crippen LogP contribution in [0.4, 0.5) is 0 Å². The average molecular weight is 258 g/mol. The quantitative estimate of drug-likeness (QED) is 0.277. The minimum atomic E-state index is 0.223. The molecule has 0 aromatic carbocycles. The number of aryl methyl sites for hydroxylation is 1. The standard InChI is InChI=1S/C9H14N4OS2/c1-6-11-12-8(16-6)15-5-9(2-3-9)4-7(10)13-14/h14H,2-5H2,1H3,(H2,10,13). The number of aromatic nitrogens is 2. The second kappa shape index (κ2) is 4.58. The van der Waals surface area contributed by atoms with Gasteiger partial charge < -0.3 is 10.9 Å². The maximum absolute atomic E-state index is 8.55. The fourth-order valence-electron chi connectivity index (χ4n) is 1.52. The Hall–Kier alpha value is -0.820. The molecule has 1 aliphatic rings. The Bertz CT molecular complexity index is 400. The third-order valence-corrected chi connectivity index (χ3v) is 4.97. The largest absolute Gasteiger partial charge is 0.409 e. The number of hydrogen-bond donors (Lipinski definition) is 2. The SMILES string of the molecule is Cc1nnc(SCC2(CC(N)=NO)CC2)s1. The molecule has 1 aromatic heterocycles. The van der Waals surface area contributed by atoms with Crippen LogP contribution in [0.25, 0.3) is 0 Å². The van der Waals surface area contributed by atoms with Crippen LogP contribution in [0.1, 0.15) is 24.3 Å². The molecule has 88 valence electrons. The van der Waals surface area contributed by atoms with Gasteiger partial charge in [-0.1, -0.05) is 28.3 Å². The molecule has 0 radical (unpaired) electrons. The predicted octanol–water partition coefficient (Wildman–Crippen LogP) is 1.86. The Balaban J connectivity index is 1.86. The van der Waals surface area contributed by atoms with E-state index in [2.05, 4.69) is 15.4 Å². The van der Waals surface area contributed by atoms with Gasteiger partial charge in [0, 0.05) is 12.2 Å². The summed E-state index contributed by atoms with van der Waals surface area (Å²) in [6.45, 7) is 1.95. The topological polar surface area (TPSA) is 84.4 Å². The fraction of sp³-hybridized carbons (Fsp3) is 0.667. The lowest BCUT2D eigenvalue weighted by Gasteiger charge is -2.11. The molecule has 5 nitrogen and oxygen atoms in total. The Morgan fingerprint density at radius 2 is 2.38 bits per heavy atom. The van der Waals surface area contributed by atoms with Crippen molar-refractivity contribution in [2.24, 2.45) is 16.3 Å². The summed E-state index contributed by atoms with van der Waals surface area (Å²) in [6, 6.07) is 0. The lowest BCUT2D eigenvalue weighted by Crippen LogP contribution is -2.19. The van der Waals surface area contributed by atoms with E-state index >= 15 is 0 Å². The van der Waals surface area contributed by atoms with Crippen LogP contribution in [-0.4, -0.2) is 27.0 Å². The molecule has 7 heteroatoms. The van der Waals surface area contributed by atoms with E-state index in [-0.39, 0.29) is 5.41 Å². The fourth-order valence-corrected chi connectivity index (χ4v) is 3.63. The molecular formula is C9H14N4OS2. The van der Waals surface area contributed by atoms with Gasteiger partial charge in [0.05, 0.1) is 0 Å². The number of nitrogens with two attached hydrogens (primary N) is 1. The predicted molar refractivity (Wildman–Crippen MR) is 65.1 cm³/mol. The second-order valence-corrected chi connectivity index (χ2v) is 6.55. The maximum atomic E-state index is 8.55. The van der Waals surface area contributed by atoms with E-state index in [9.17, 15) is 0 Å². The summed E-state index contributed by atoms with van der Waals surface area (Å²) in [4.78, 5) is 0. The van der Waals surface area contributed by atoms with Crippen LogP contribution in [0.2, 0.25) is 0 Å². The van der Waals surface area contributed by atoms with E-state index in [1.54, 1.807) is 23.1 Å². The zero-order valence-electron chi connectivity index (χ0n) is 9.01. The lowest BCUT2D eigenvalue weighted by atomic mass is 10.1. The van der Waals surface area contributed by atoms with Crippen molar-refractivity contribution in [2.75, 3.05) is 5.75 Å². The molecule has 0 amide bonds. The van der Waals surface area contributed by atoms with Crippen molar-refractivity contribution in [2.45, 2.75) is 30.5 Å². The molecule has 1 fully saturated rings. The van der Waals surface area contributed by atoms with Crippen molar-refractivity contribution in [1.82, 2.24) is 10.2 Å². The van der Waals surface area contributed by atoms with Crippen LogP contribution in [-0.2, 0) is 0 Å². The van der Waals surface area contributed by atoms with Crippen molar-refractivity contribution in [3.05, 3.63) is 5.01 Å². The summed E-state index contributed by atoms with van der Waals surface area (Å²) in [7, 11) is 0. The van der Waals surface area contributed by atoms with Gasteiger partial charge in [0.15, 0.2) is 4.34 Å². The van der Waals surface area contributed by atoms with Gasteiger partial charge in [0.1, 0.15) is 10.8 Å². The Kier molecular flexibility index (Phi) is 3.34. The van der Waals surface area contributed by atoms with Gasteiger partial charge in [-0.25, -0.2) is 0 Å². The van der Waals surface area contributed by atoms with E-state index in [0.717, 1.165) is 27.9 Å². The molecule has 16 heavy (non-hydrogen) atoms. The van der Waals surface area contributed by atoms with Crippen LogP contribution in [0.3, 0.4) is 0 Å².